The van der Waals surface area contributed by atoms with E-state index in [2.05, 4.69) is 45.9 Å². The van der Waals surface area contributed by atoms with Crippen LogP contribution in [0.3, 0.4) is 0 Å². The first-order chi connectivity index (χ1) is 8.00. The average molecular weight is 250 g/mol. The van der Waals surface area contributed by atoms with Gasteiger partial charge < -0.3 is 5.11 Å². The lowest BCUT2D eigenvalue weighted by molar-refractivity contribution is 0.155. The predicted molar refractivity (Wildman–Crippen MR) is 75.4 cm³/mol. The molecular formula is C15H22OS. The Hall–Kier alpha value is -0.470. The van der Waals surface area contributed by atoms with Crippen LogP contribution in [0.1, 0.15) is 56.4 Å². The summed E-state index contributed by atoms with van der Waals surface area (Å²) in [5.41, 5.74) is 3.80. The van der Waals surface area contributed by atoms with Gasteiger partial charge in [-0.2, -0.15) is 11.8 Å². The highest BCUT2D eigenvalue weighted by Gasteiger charge is 2.30. The summed E-state index contributed by atoms with van der Waals surface area (Å²) in [6.45, 7) is 8.79. The highest BCUT2D eigenvalue weighted by Crippen LogP contribution is 2.41. The zero-order valence-electron chi connectivity index (χ0n) is 11.1. The Labute approximate surface area is 109 Å². The molecule has 1 aromatic carbocycles. The predicted octanol–water partition coefficient (Wildman–Crippen LogP) is 4.11. The van der Waals surface area contributed by atoms with Crippen LogP contribution in [0.5, 0.6) is 0 Å². The molecule has 2 rings (SSSR count). The molecule has 0 spiro atoms. The van der Waals surface area contributed by atoms with Crippen molar-refractivity contribution in [3.05, 3.63) is 34.9 Å². The zero-order chi connectivity index (χ0) is 12.6. The Bertz CT molecular complexity index is 398. The van der Waals surface area contributed by atoms with Gasteiger partial charge in [0.2, 0.25) is 0 Å². The second kappa shape index (κ2) is 5.03. The number of rotatable bonds is 2. The van der Waals surface area contributed by atoms with Crippen LogP contribution < -0.4 is 0 Å². The van der Waals surface area contributed by atoms with E-state index < -0.39 is 0 Å². The summed E-state index contributed by atoms with van der Waals surface area (Å²) in [5, 5.41) is 10.8. The van der Waals surface area contributed by atoms with Crippen molar-refractivity contribution in [2.24, 2.45) is 5.92 Å². The lowest BCUT2D eigenvalue weighted by Gasteiger charge is -2.32. The highest BCUT2D eigenvalue weighted by molar-refractivity contribution is 7.99. The van der Waals surface area contributed by atoms with Crippen molar-refractivity contribution < 1.29 is 5.11 Å². The van der Waals surface area contributed by atoms with Crippen LogP contribution in [0.15, 0.2) is 18.2 Å². The molecule has 0 bridgehead atoms. The standard InChI is InChI=1S/C15H22OS/c1-9(2)11-5-6-12-8-17-15(10(3)4)14(16)13(12)7-11/h5-7,9-10,14-16H,8H2,1-4H3. The third-order valence-corrected chi connectivity index (χ3v) is 5.22. The SMILES string of the molecule is CC(C)c1ccc2c(c1)C(O)C(C(C)C)SC2. The largest absolute Gasteiger partial charge is 0.387 e. The molecule has 2 atom stereocenters. The Morgan fingerprint density at radius 2 is 1.94 bits per heavy atom. The maximum atomic E-state index is 10.5. The Balaban J connectivity index is 2.36. The molecule has 1 aliphatic rings. The van der Waals surface area contributed by atoms with Gasteiger partial charge in [-0.15, -0.1) is 0 Å². The third kappa shape index (κ3) is 2.53. The maximum absolute atomic E-state index is 10.5. The van der Waals surface area contributed by atoms with Gasteiger partial charge in [-0.1, -0.05) is 45.9 Å². The summed E-state index contributed by atoms with van der Waals surface area (Å²) in [4.78, 5) is 0. The normalized spacial score (nSPS) is 24.2. The molecule has 17 heavy (non-hydrogen) atoms. The molecule has 0 fully saturated rings. The van der Waals surface area contributed by atoms with Crippen molar-refractivity contribution in [3.8, 4) is 0 Å². The number of fused-ring (bicyclic) bond motifs is 1. The Morgan fingerprint density at radius 1 is 1.24 bits per heavy atom. The van der Waals surface area contributed by atoms with E-state index in [1.165, 1.54) is 11.1 Å². The molecule has 0 amide bonds. The molecule has 0 aromatic heterocycles. The van der Waals surface area contributed by atoms with Gasteiger partial charge in [-0.05, 0) is 28.5 Å². The summed E-state index contributed by atoms with van der Waals surface area (Å²) >= 11 is 1.89. The van der Waals surface area contributed by atoms with E-state index in [1.807, 2.05) is 11.8 Å². The highest BCUT2D eigenvalue weighted by atomic mass is 32.2. The van der Waals surface area contributed by atoms with Gasteiger partial charge in [0.05, 0.1) is 6.10 Å². The van der Waals surface area contributed by atoms with Crippen molar-refractivity contribution in [2.45, 2.75) is 50.7 Å². The fraction of sp³-hybridized carbons (Fsp3) is 0.600. The van der Waals surface area contributed by atoms with E-state index in [1.54, 1.807) is 0 Å². The molecule has 0 saturated heterocycles. The van der Waals surface area contributed by atoms with Crippen LogP contribution in [0.4, 0.5) is 0 Å². The van der Waals surface area contributed by atoms with E-state index in [0.29, 0.717) is 17.1 Å². The molecule has 1 nitrogen and oxygen atoms in total. The molecule has 1 N–H and O–H groups in total. The number of hydrogen-bond donors (Lipinski definition) is 1. The molecule has 2 unspecified atom stereocenters. The van der Waals surface area contributed by atoms with Gasteiger partial charge in [0.15, 0.2) is 0 Å². The van der Waals surface area contributed by atoms with Crippen molar-refractivity contribution in [3.63, 3.8) is 0 Å². The minimum atomic E-state index is -0.303. The second-order valence-electron chi connectivity index (χ2n) is 5.58. The van der Waals surface area contributed by atoms with E-state index in [-0.39, 0.29) is 6.10 Å². The van der Waals surface area contributed by atoms with E-state index in [4.69, 9.17) is 0 Å². The minimum Gasteiger partial charge on any atom is -0.387 e. The Morgan fingerprint density at radius 3 is 2.53 bits per heavy atom. The number of hydrogen-bond acceptors (Lipinski definition) is 2. The summed E-state index contributed by atoms with van der Waals surface area (Å²) in [6.07, 6.45) is -0.303. The monoisotopic (exact) mass is 250 g/mol. The van der Waals surface area contributed by atoms with Crippen molar-refractivity contribution in [1.82, 2.24) is 0 Å². The lowest BCUT2D eigenvalue weighted by atomic mass is 9.91. The minimum absolute atomic E-state index is 0.303. The molecule has 1 heterocycles. The molecule has 0 saturated carbocycles. The van der Waals surface area contributed by atoms with E-state index in [0.717, 1.165) is 11.3 Å². The number of thioether (sulfide) groups is 1. The molecule has 2 heteroatoms. The second-order valence-corrected chi connectivity index (χ2v) is 6.74. The third-order valence-electron chi connectivity index (χ3n) is 3.55. The first-order valence-corrected chi connectivity index (χ1v) is 7.48. The van der Waals surface area contributed by atoms with E-state index in [9.17, 15) is 5.11 Å². The maximum Gasteiger partial charge on any atom is 0.0914 e. The smallest absolute Gasteiger partial charge is 0.0914 e. The molecule has 0 radical (unpaired) electrons. The van der Waals surface area contributed by atoms with Crippen LogP contribution in [-0.4, -0.2) is 10.4 Å². The zero-order valence-corrected chi connectivity index (χ0v) is 11.9. The Kier molecular flexibility index (Phi) is 3.84. The molecular weight excluding hydrogens is 228 g/mol. The molecule has 1 aliphatic heterocycles. The molecule has 94 valence electrons. The van der Waals surface area contributed by atoms with Gasteiger partial charge in [-0.25, -0.2) is 0 Å². The van der Waals surface area contributed by atoms with Crippen molar-refractivity contribution in [1.29, 1.82) is 0 Å². The van der Waals surface area contributed by atoms with Crippen molar-refractivity contribution >= 4 is 11.8 Å². The fourth-order valence-corrected chi connectivity index (χ4v) is 3.74. The van der Waals surface area contributed by atoms with Crippen LogP contribution in [0.25, 0.3) is 0 Å². The fourth-order valence-electron chi connectivity index (χ4n) is 2.39. The summed E-state index contributed by atoms with van der Waals surface area (Å²) in [6, 6.07) is 6.60. The first-order valence-electron chi connectivity index (χ1n) is 6.43. The van der Waals surface area contributed by atoms with Crippen LogP contribution in [-0.2, 0) is 5.75 Å². The van der Waals surface area contributed by atoms with Gasteiger partial charge in [0.25, 0.3) is 0 Å². The summed E-state index contributed by atoms with van der Waals surface area (Å²) < 4.78 is 0. The molecule has 1 aromatic rings. The first kappa shape index (κ1) is 13.0. The van der Waals surface area contributed by atoms with Gasteiger partial charge >= 0.3 is 0 Å². The average Bonchev–Trinajstić information content (AvgIpc) is 2.28. The van der Waals surface area contributed by atoms with Crippen LogP contribution in [0.2, 0.25) is 0 Å². The quantitative estimate of drug-likeness (QED) is 0.852. The number of aliphatic hydroxyl groups is 1. The summed E-state index contributed by atoms with van der Waals surface area (Å²) in [7, 11) is 0. The van der Waals surface area contributed by atoms with Crippen LogP contribution in [0, 0.1) is 5.92 Å². The number of aliphatic hydroxyl groups excluding tert-OH is 1. The summed E-state index contributed by atoms with van der Waals surface area (Å²) in [5.74, 6) is 2.08. The van der Waals surface area contributed by atoms with Gasteiger partial charge in [0, 0.05) is 11.0 Å². The number of benzene rings is 1. The van der Waals surface area contributed by atoms with E-state index >= 15 is 0 Å². The van der Waals surface area contributed by atoms with Crippen molar-refractivity contribution in [2.75, 3.05) is 0 Å². The topological polar surface area (TPSA) is 20.2 Å². The van der Waals surface area contributed by atoms with Gasteiger partial charge in [-0.3, -0.25) is 0 Å². The van der Waals surface area contributed by atoms with Gasteiger partial charge in [0.1, 0.15) is 0 Å². The molecule has 0 aliphatic carbocycles. The van der Waals surface area contributed by atoms with Crippen LogP contribution >= 0.6 is 11.8 Å². The lowest BCUT2D eigenvalue weighted by Crippen LogP contribution is -2.26.